The predicted octanol–water partition coefficient (Wildman–Crippen LogP) is 3.05. The zero-order valence-electron chi connectivity index (χ0n) is 11.7. The number of benzene rings is 1. The normalized spacial score (nSPS) is 12.6. The first-order valence-electron chi connectivity index (χ1n) is 6.67. The lowest BCUT2D eigenvalue weighted by Gasteiger charge is -2.20. The first-order chi connectivity index (χ1) is 9.17. The van der Waals surface area contributed by atoms with Crippen LogP contribution in [-0.4, -0.2) is 16.1 Å². The summed E-state index contributed by atoms with van der Waals surface area (Å²) in [6, 6.07) is 5.13. The van der Waals surface area contributed by atoms with Crippen molar-refractivity contribution in [3.63, 3.8) is 0 Å². The minimum atomic E-state index is -0.208. The molecule has 0 aliphatic heterocycles. The number of imidazole rings is 1. The Labute approximate surface area is 113 Å². The molecular formula is C15H20FN3. The van der Waals surface area contributed by atoms with Crippen molar-refractivity contribution in [2.45, 2.75) is 33.4 Å². The molecule has 0 aliphatic rings. The molecule has 0 radical (unpaired) electrons. The van der Waals surface area contributed by atoms with Crippen molar-refractivity contribution in [1.29, 1.82) is 0 Å². The maximum absolute atomic E-state index is 14.2. The fraction of sp³-hybridized carbons (Fsp3) is 0.400. The van der Waals surface area contributed by atoms with Crippen molar-refractivity contribution >= 4 is 0 Å². The number of hydrogen-bond donors (Lipinski definition) is 1. The third kappa shape index (κ3) is 2.84. The monoisotopic (exact) mass is 261 g/mol. The van der Waals surface area contributed by atoms with E-state index in [0.29, 0.717) is 5.56 Å². The summed E-state index contributed by atoms with van der Waals surface area (Å²) in [5.41, 5.74) is 1.57. The third-order valence-corrected chi connectivity index (χ3v) is 3.22. The Balaban J connectivity index is 2.45. The second kappa shape index (κ2) is 5.97. The van der Waals surface area contributed by atoms with E-state index in [1.807, 2.05) is 36.7 Å². The molecule has 19 heavy (non-hydrogen) atoms. The Morgan fingerprint density at radius 3 is 2.79 bits per heavy atom. The molecule has 2 aromatic rings. The predicted molar refractivity (Wildman–Crippen MR) is 74.6 cm³/mol. The summed E-state index contributed by atoms with van der Waals surface area (Å²) < 4.78 is 16.2. The highest BCUT2D eigenvalue weighted by Crippen LogP contribution is 2.24. The minimum absolute atomic E-state index is 0.184. The molecule has 0 fully saturated rings. The van der Waals surface area contributed by atoms with Crippen LogP contribution in [0.5, 0.6) is 0 Å². The number of nitrogens with zero attached hydrogens (tertiary/aromatic N) is 2. The van der Waals surface area contributed by atoms with Crippen LogP contribution in [0, 0.1) is 12.7 Å². The van der Waals surface area contributed by atoms with Crippen molar-refractivity contribution in [3.05, 3.63) is 53.4 Å². The number of aryl methyl sites for hydroxylation is 2. The molecule has 1 unspecified atom stereocenters. The van der Waals surface area contributed by atoms with Gasteiger partial charge in [-0.2, -0.15) is 0 Å². The highest BCUT2D eigenvalue weighted by molar-refractivity contribution is 5.30. The van der Waals surface area contributed by atoms with E-state index in [2.05, 4.69) is 17.2 Å². The molecule has 0 saturated carbocycles. The molecule has 0 spiro atoms. The van der Waals surface area contributed by atoms with E-state index < -0.39 is 0 Å². The Bertz CT molecular complexity index is 548. The van der Waals surface area contributed by atoms with Gasteiger partial charge in [-0.15, -0.1) is 0 Å². The van der Waals surface area contributed by atoms with Gasteiger partial charge in [0.1, 0.15) is 11.6 Å². The number of halogens is 1. The van der Waals surface area contributed by atoms with E-state index >= 15 is 0 Å². The fourth-order valence-electron chi connectivity index (χ4n) is 2.26. The van der Waals surface area contributed by atoms with Gasteiger partial charge in [-0.1, -0.05) is 19.1 Å². The number of rotatable bonds is 5. The molecule has 3 nitrogen and oxygen atoms in total. The van der Waals surface area contributed by atoms with E-state index in [4.69, 9.17) is 0 Å². The SMILES string of the molecule is CCNC(c1ccc(C)cc1F)c1nccn1CC. The molecule has 1 atom stereocenters. The van der Waals surface area contributed by atoms with Crippen molar-refractivity contribution < 1.29 is 4.39 Å². The highest BCUT2D eigenvalue weighted by atomic mass is 19.1. The van der Waals surface area contributed by atoms with Crippen LogP contribution >= 0.6 is 0 Å². The van der Waals surface area contributed by atoms with Crippen LogP contribution in [0.1, 0.15) is 36.8 Å². The van der Waals surface area contributed by atoms with Crippen LogP contribution < -0.4 is 5.32 Å². The van der Waals surface area contributed by atoms with Crippen LogP contribution in [0.3, 0.4) is 0 Å². The van der Waals surface area contributed by atoms with Crippen molar-refractivity contribution in [2.24, 2.45) is 0 Å². The van der Waals surface area contributed by atoms with Crippen LogP contribution in [0.25, 0.3) is 0 Å². The molecular weight excluding hydrogens is 241 g/mol. The molecule has 1 aromatic carbocycles. The summed E-state index contributed by atoms with van der Waals surface area (Å²) in [6.07, 6.45) is 3.68. The van der Waals surface area contributed by atoms with E-state index in [0.717, 1.165) is 24.5 Å². The molecule has 1 aromatic heterocycles. The molecule has 1 heterocycles. The Hall–Kier alpha value is -1.68. The average molecular weight is 261 g/mol. The van der Waals surface area contributed by atoms with Gasteiger partial charge < -0.3 is 9.88 Å². The third-order valence-electron chi connectivity index (χ3n) is 3.22. The Morgan fingerprint density at radius 1 is 1.37 bits per heavy atom. The maximum Gasteiger partial charge on any atom is 0.130 e. The van der Waals surface area contributed by atoms with Crippen molar-refractivity contribution in [1.82, 2.24) is 14.9 Å². The van der Waals surface area contributed by atoms with Crippen LogP contribution in [0.4, 0.5) is 4.39 Å². The summed E-state index contributed by atoms with van der Waals surface area (Å²) in [7, 11) is 0. The lowest BCUT2D eigenvalue weighted by atomic mass is 10.0. The lowest BCUT2D eigenvalue weighted by Crippen LogP contribution is -2.26. The zero-order valence-corrected chi connectivity index (χ0v) is 11.7. The van der Waals surface area contributed by atoms with Gasteiger partial charge in [-0.05, 0) is 32.0 Å². The van der Waals surface area contributed by atoms with E-state index in [1.165, 1.54) is 0 Å². The highest BCUT2D eigenvalue weighted by Gasteiger charge is 2.21. The molecule has 0 bridgehead atoms. The van der Waals surface area contributed by atoms with Gasteiger partial charge in [-0.25, -0.2) is 9.37 Å². The maximum atomic E-state index is 14.2. The van der Waals surface area contributed by atoms with Crippen LogP contribution in [0.2, 0.25) is 0 Å². The smallest absolute Gasteiger partial charge is 0.130 e. The average Bonchev–Trinajstić information content (AvgIpc) is 2.85. The van der Waals surface area contributed by atoms with Gasteiger partial charge in [0.2, 0.25) is 0 Å². The van der Waals surface area contributed by atoms with Crippen LogP contribution in [-0.2, 0) is 6.54 Å². The zero-order chi connectivity index (χ0) is 13.8. The standard InChI is InChI=1S/C15H20FN3/c1-4-17-14(15-18-8-9-19(15)5-2)12-7-6-11(3)10-13(12)16/h6-10,14,17H,4-5H2,1-3H3. The van der Waals surface area contributed by atoms with Gasteiger partial charge in [0.25, 0.3) is 0 Å². The number of hydrogen-bond acceptors (Lipinski definition) is 2. The van der Waals surface area contributed by atoms with Gasteiger partial charge in [0, 0.05) is 24.5 Å². The van der Waals surface area contributed by atoms with Gasteiger partial charge >= 0.3 is 0 Å². The second-order valence-electron chi connectivity index (χ2n) is 4.59. The molecule has 0 amide bonds. The second-order valence-corrected chi connectivity index (χ2v) is 4.59. The summed E-state index contributed by atoms with van der Waals surface area (Å²) in [5, 5.41) is 3.31. The summed E-state index contributed by atoms with van der Waals surface area (Å²) in [4.78, 5) is 4.38. The molecule has 0 saturated heterocycles. The molecule has 102 valence electrons. The van der Waals surface area contributed by atoms with Gasteiger partial charge in [0.15, 0.2) is 0 Å². The summed E-state index contributed by atoms with van der Waals surface area (Å²) in [6.45, 7) is 7.54. The lowest BCUT2D eigenvalue weighted by molar-refractivity contribution is 0.522. The molecule has 1 N–H and O–H groups in total. The fourth-order valence-corrected chi connectivity index (χ4v) is 2.26. The van der Waals surface area contributed by atoms with Gasteiger partial charge in [0.05, 0.1) is 6.04 Å². The first kappa shape index (κ1) is 13.7. The van der Waals surface area contributed by atoms with Gasteiger partial charge in [-0.3, -0.25) is 0 Å². The van der Waals surface area contributed by atoms with Crippen molar-refractivity contribution in [3.8, 4) is 0 Å². The van der Waals surface area contributed by atoms with Crippen molar-refractivity contribution in [2.75, 3.05) is 6.54 Å². The summed E-state index contributed by atoms with van der Waals surface area (Å²) >= 11 is 0. The van der Waals surface area contributed by atoms with E-state index in [9.17, 15) is 4.39 Å². The van der Waals surface area contributed by atoms with E-state index in [1.54, 1.807) is 12.3 Å². The quantitative estimate of drug-likeness (QED) is 0.896. The van der Waals surface area contributed by atoms with E-state index in [-0.39, 0.29) is 11.9 Å². The largest absolute Gasteiger partial charge is 0.334 e. The Kier molecular flexibility index (Phi) is 4.32. The molecule has 0 aliphatic carbocycles. The molecule has 2 rings (SSSR count). The topological polar surface area (TPSA) is 29.9 Å². The number of aromatic nitrogens is 2. The molecule has 4 heteroatoms. The number of nitrogens with one attached hydrogen (secondary N) is 1. The van der Waals surface area contributed by atoms with Crippen LogP contribution in [0.15, 0.2) is 30.6 Å². The summed E-state index contributed by atoms with van der Waals surface area (Å²) in [5.74, 6) is 0.670. The first-order valence-corrected chi connectivity index (χ1v) is 6.67. The minimum Gasteiger partial charge on any atom is -0.334 e. The Morgan fingerprint density at radius 2 is 2.16 bits per heavy atom.